The third-order valence-corrected chi connectivity index (χ3v) is 21.6. The van der Waals surface area contributed by atoms with Gasteiger partial charge in [0.05, 0.1) is 26.4 Å². The number of aliphatic hydroxyl groups is 1. The summed E-state index contributed by atoms with van der Waals surface area (Å²) in [6, 6.07) is 0. The van der Waals surface area contributed by atoms with Crippen LogP contribution in [0.5, 0.6) is 0 Å². The quantitative estimate of drug-likeness (QED) is 0.0222. The molecule has 0 spiro atoms. The molecule has 7 atom stereocenters. The van der Waals surface area contributed by atoms with Crippen LogP contribution < -0.4 is 0 Å². The molecule has 0 aromatic carbocycles. The van der Waals surface area contributed by atoms with Gasteiger partial charge in [-0.1, -0.05) is 375 Å². The van der Waals surface area contributed by atoms with Crippen molar-refractivity contribution in [2.45, 2.75) is 445 Å². The van der Waals surface area contributed by atoms with Gasteiger partial charge in [0.1, 0.15) is 19.3 Å². The Morgan fingerprint density at radius 2 is 0.480 bits per heavy atom. The Hall–Kier alpha value is -1.94. The van der Waals surface area contributed by atoms with Crippen LogP contribution in [0.25, 0.3) is 0 Å². The normalized spacial score (nSPS) is 14.4. The highest BCUT2D eigenvalue weighted by Gasteiger charge is 2.30. The van der Waals surface area contributed by atoms with Crippen molar-refractivity contribution in [1.82, 2.24) is 0 Å². The molecule has 3 N–H and O–H groups in total. The fraction of sp³-hybridized carbons (Fsp3) is 0.951. The van der Waals surface area contributed by atoms with Gasteiger partial charge in [-0.2, -0.15) is 0 Å². The van der Waals surface area contributed by atoms with Crippen LogP contribution in [0.3, 0.4) is 0 Å². The highest BCUT2D eigenvalue weighted by atomic mass is 31.2. The summed E-state index contributed by atoms with van der Waals surface area (Å²) in [6.45, 7) is 9.62. The molecule has 0 heterocycles. The van der Waals surface area contributed by atoms with Crippen LogP contribution in [0, 0.1) is 11.8 Å². The van der Waals surface area contributed by atoms with Gasteiger partial charge < -0.3 is 33.8 Å². The summed E-state index contributed by atoms with van der Waals surface area (Å²) in [7, 11) is -9.92. The monoisotopic (exact) mass is 1470 g/mol. The van der Waals surface area contributed by atoms with Gasteiger partial charge in [0.15, 0.2) is 12.2 Å². The summed E-state index contributed by atoms with van der Waals surface area (Å²) >= 11 is 0. The molecule has 100 heavy (non-hydrogen) atoms. The minimum atomic E-state index is -4.96. The molecule has 4 unspecified atom stereocenters. The minimum Gasteiger partial charge on any atom is -0.462 e. The van der Waals surface area contributed by atoms with Gasteiger partial charge in [0.25, 0.3) is 0 Å². The summed E-state index contributed by atoms with van der Waals surface area (Å²) in [5.41, 5.74) is 0. The maximum atomic E-state index is 13.1. The summed E-state index contributed by atoms with van der Waals surface area (Å²) in [4.78, 5) is 73.0. The summed E-state index contributed by atoms with van der Waals surface area (Å²) < 4.78 is 68.7. The van der Waals surface area contributed by atoms with Gasteiger partial charge in [-0.3, -0.25) is 37.3 Å². The Morgan fingerprint density at radius 1 is 0.280 bits per heavy atom. The zero-order valence-corrected chi connectivity index (χ0v) is 67.3. The van der Waals surface area contributed by atoms with E-state index in [1.54, 1.807) is 0 Å². The Morgan fingerprint density at radius 3 is 0.710 bits per heavy atom. The Balaban J connectivity index is 5.21. The first kappa shape index (κ1) is 98.1. The molecule has 19 heteroatoms. The second kappa shape index (κ2) is 72.6. The number of unbranched alkanes of at least 4 members (excludes halogenated alkanes) is 48. The number of phosphoric acid groups is 2. The molecular formula is C81H158O17P2. The standard InChI is InChI=1S/C81H158O17P2/c1-7-11-13-15-17-19-21-23-25-26-27-28-29-30-31-32-34-36-42-46-54-60-66-80(85)97-76(69-91-78(83)63-57-51-44-40-38-37-39-43-49-55-61-73(5)9-3)71-95-99(87,88)93-67-75(82)68-94-100(89,90)96-72-77(70-92-79(84)64-58-52-48-47-50-56-62-74(6)10-4)98-81(86)65-59-53-45-41-35-33-24-22-20-18-16-14-12-8-2/h73-77,82H,7-72H2,1-6H3,(H,87,88)(H,89,90)/t73?,74?,75-,76-,77-/m1/s1. The predicted molar refractivity (Wildman–Crippen MR) is 409 cm³/mol. The van der Waals surface area contributed by atoms with Gasteiger partial charge in [-0.05, 0) is 37.5 Å². The van der Waals surface area contributed by atoms with Gasteiger partial charge in [0, 0.05) is 25.7 Å². The van der Waals surface area contributed by atoms with Crippen molar-refractivity contribution in [2.24, 2.45) is 11.8 Å². The molecule has 594 valence electrons. The van der Waals surface area contributed by atoms with E-state index in [2.05, 4.69) is 41.5 Å². The molecule has 17 nitrogen and oxygen atoms in total. The van der Waals surface area contributed by atoms with Crippen molar-refractivity contribution < 1.29 is 80.2 Å². The Kier molecular flexibility index (Phi) is 71.2. The second-order valence-corrected chi connectivity index (χ2v) is 32.6. The molecule has 0 saturated heterocycles. The van der Waals surface area contributed by atoms with Crippen molar-refractivity contribution in [2.75, 3.05) is 39.6 Å². The number of hydrogen-bond acceptors (Lipinski definition) is 15. The Bertz CT molecular complexity index is 1930. The molecule has 0 aliphatic heterocycles. The molecule has 0 saturated carbocycles. The van der Waals surface area contributed by atoms with Gasteiger partial charge >= 0.3 is 39.5 Å². The van der Waals surface area contributed by atoms with E-state index in [9.17, 15) is 43.2 Å². The first-order chi connectivity index (χ1) is 48.4. The molecule has 0 fully saturated rings. The lowest BCUT2D eigenvalue weighted by Gasteiger charge is -2.21. The minimum absolute atomic E-state index is 0.107. The average molecular weight is 1470 g/mol. The topological polar surface area (TPSA) is 237 Å². The lowest BCUT2D eigenvalue weighted by Crippen LogP contribution is -2.30. The van der Waals surface area contributed by atoms with Crippen LogP contribution in [-0.4, -0.2) is 96.7 Å². The predicted octanol–water partition coefficient (Wildman–Crippen LogP) is 24.3. The number of hydrogen-bond donors (Lipinski definition) is 3. The van der Waals surface area contributed by atoms with Crippen LogP contribution in [0.1, 0.15) is 427 Å². The molecule has 0 aromatic rings. The number of carbonyl (C=O) groups excluding carboxylic acids is 4. The van der Waals surface area contributed by atoms with Crippen molar-refractivity contribution in [3.8, 4) is 0 Å². The fourth-order valence-electron chi connectivity index (χ4n) is 12.5. The number of aliphatic hydroxyl groups excluding tert-OH is 1. The highest BCUT2D eigenvalue weighted by molar-refractivity contribution is 7.47. The molecule has 0 amide bonds. The van der Waals surface area contributed by atoms with Gasteiger partial charge in [-0.25, -0.2) is 9.13 Å². The smallest absolute Gasteiger partial charge is 0.462 e. The van der Waals surface area contributed by atoms with Crippen molar-refractivity contribution in [3.63, 3.8) is 0 Å². The molecular weight excluding hydrogens is 1310 g/mol. The molecule has 0 radical (unpaired) electrons. The van der Waals surface area contributed by atoms with Gasteiger partial charge in [0.2, 0.25) is 0 Å². The van der Waals surface area contributed by atoms with Crippen LogP contribution in [0.2, 0.25) is 0 Å². The van der Waals surface area contributed by atoms with Crippen LogP contribution >= 0.6 is 15.6 Å². The Labute approximate surface area is 613 Å². The van der Waals surface area contributed by atoms with E-state index in [4.69, 9.17) is 37.0 Å². The molecule has 0 rings (SSSR count). The maximum Gasteiger partial charge on any atom is 0.472 e. The average Bonchev–Trinajstić information content (AvgIpc) is 0.918. The molecule has 0 aromatic heterocycles. The van der Waals surface area contributed by atoms with Crippen molar-refractivity contribution >= 4 is 39.5 Å². The van der Waals surface area contributed by atoms with Crippen LogP contribution in [-0.2, 0) is 65.4 Å². The third kappa shape index (κ3) is 71.7. The van der Waals surface area contributed by atoms with Crippen LogP contribution in [0.15, 0.2) is 0 Å². The number of esters is 4. The number of rotatable bonds is 80. The summed E-state index contributed by atoms with van der Waals surface area (Å²) in [5, 5.41) is 10.6. The summed E-state index contributed by atoms with van der Waals surface area (Å²) in [6.07, 6.45) is 62.5. The van der Waals surface area contributed by atoms with E-state index in [1.165, 1.54) is 238 Å². The van der Waals surface area contributed by atoms with E-state index in [-0.39, 0.29) is 25.7 Å². The van der Waals surface area contributed by atoms with E-state index in [1.807, 2.05) is 0 Å². The number of phosphoric ester groups is 2. The van der Waals surface area contributed by atoms with Crippen LogP contribution in [0.4, 0.5) is 0 Å². The lowest BCUT2D eigenvalue weighted by molar-refractivity contribution is -0.161. The van der Waals surface area contributed by atoms with E-state index >= 15 is 0 Å². The number of ether oxygens (including phenoxy) is 4. The maximum absolute atomic E-state index is 13.1. The van der Waals surface area contributed by atoms with Crippen molar-refractivity contribution in [1.29, 1.82) is 0 Å². The SMILES string of the molecule is CCCCCCCCCCCCCCCCCCCCCCCCC(=O)O[C@H](COC(=O)CCCCCCCCCCCCC(C)CC)COP(=O)(O)OC[C@@H](O)COP(=O)(O)OC[C@@H](COC(=O)CCCCCCCCC(C)CC)OC(=O)CCCCCCCCCCCCCCCC. The first-order valence-electron chi connectivity index (χ1n) is 42.1. The first-order valence-corrected chi connectivity index (χ1v) is 45.1. The third-order valence-electron chi connectivity index (χ3n) is 19.7. The lowest BCUT2D eigenvalue weighted by atomic mass is 9.99. The van der Waals surface area contributed by atoms with E-state index in [0.29, 0.717) is 25.7 Å². The number of carbonyl (C=O) groups is 4. The fourth-order valence-corrected chi connectivity index (χ4v) is 14.1. The summed E-state index contributed by atoms with van der Waals surface area (Å²) in [5.74, 6) is -0.570. The van der Waals surface area contributed by atoms with E-state index in [0.717, 1.165) is 108 Å². The zero-order valence-electron chi connectivity index (χ0n) is 65.5. The molecule has 0 aliphatic rings. The largest absolute Gasteiger partial charge is 0.472 e. The van der Waals surface area contributed by atoms with Gasteiger partial charge in [-0.15, -0.1) is 0 Å². The molecule has 0 aliphatic carbocycles. The van der Waals surface area contributed by atoms with Crippen molar-refractivity contribution in [3.05, 3.63) is 0 Å². The van der Waals surface area contributed by atoms with E-state index < -0.39 is 97.5 Å². The molecule has 0 bridgehead atoms. The highest BCUT2D eigenvalue weighted by Crippen LogP contribution is 2.45. The second-order valence-electron chi connectivity index (χ2n) is 29.6. The zero-order chi connectivity index (χ0) is 73.5.